The third-order valence-electron chi connectivity index (χ3n) is 4.84. The van der Waals surface area contributed by atoms with Gasteiger partial charge in [-0.15, -0.1) is 0 Å². The molecule has 3 aromatic rings. The van der Waals surface area contributed by atoms with Gasteiger partial charge in [0, 0.05) is 17.8 Å². The Morgan fingerprint density at radius 3 is 2.85 bits per heavy atom. The fourth-order valence-corrected chi connectivity index (χ4v) is 3.36. The summed E-state index contributed by atoms with van der Waals surface area (Å²) in [5.74, 6) is -0.397. The monoisotopic (exact) mass is 350 g/mol. The van der Waals surface area contributed by atoms with Crippen molar-refractivity contribution in [3.63, 3.8) is 0 Å². The van der Waals surface area contributed by atoms with Crippen molar-refractivity contribution in [1.82, 2.24) is 20.3 Å². The van der Waals surface area contributed by atoms with E-state index in [1.165, 1.54) is 12.5 Å². The molecule has 0 aliphatic heterocycles. The minimum Gasteiger partial charge on any atom is -0.393 e. The van der Waals surface area contributed by atoms with E-state index in [4.69, 9.17) is 0 Å². The summed E-state index contributed by atoms with van der Waals surface area (Å²) in [6, 6.07) is 9.41. The zero-order valence-electron chi connectivity index (χ0n) is 13.9. The van der Waals surface area contributed by atoms with Gasteiger partial charge in [0.25, 0.3) is 11.5 Å². The van der Waals surface area contributed by atoms with E-state index in [1.54, 1.807) is 6.20 Å². The van der Waals surface area contributed by atoms with Crippen molar-refractivity contribution in [1.29, 1.82) is 0 Å². The lowest BCUT2D eigenvalue weighted by Gasteiger charge is -2.38. The van der Waals surface area contributed by atoms with Gasteiger partial charge >= 0.3 is 0 Å². The highest BCUT2D eigenvalue weighted by Gasteiger charge is 2.36. The van der Waals surface area contributed by atoms with Gasteiger partial charge in [0.1, 0.15) is 5.56 Å². The molecule has 26 heavy (non-hydrogen) atoms. The highest BCUT2D eigenvalue weighted by Crippen LogP contribution is 2.38. The Bertz CT molecular complexity index is 1010. The minimum atomic E-state index is -0.487. The second kappa shape index (κ2) is 6.68. The summed E-state index contributed by atoms with van der Waals surface area (Å²) in [5.41, 5.74) is 1.21. The van der Waals surface area contributed by atoms with E-state index < -0.39 is 11.5 Å². The second-order valence-electron chi connectivity index (χ2n) is 6.59. The number of aliphatic hydroxyl groups excluding tert-OH is 1. The highest BCUT2D eigenvalue weighted by atomic mass is 16.3. The van der Waals surface area contributed by atoms with Gasteiger partial charge in [-0.1, -0.05) is 18.2 Å². The molecule has 0 bridgehead atoms. The number of rotatable bonds is 4. The molecule has 4 rings (SSSR count). The Hall–Kier alpha value is -3.06. The number of para-hydroxylation sites is 1. The van der Waals surface area contributed by atoms with Crippen LogP contribution >= 0.6 is 0 Å². The standard InChI is InChI=1S/C19H18N4O3/c24-14-6-12(7-14)17(23-19(26)15-9-20-10-22-18(15)25)13-5-11-3-1-2-4-16(11)21-8-13/h1-5,8-10,12,14,17,24H,6-7H2,(H,23,26)(H,20,22,25)/t12?,14?,17-/m0/s1. The van der Waals surface area contributed by atoms with Crippen LogP contribution < -0.4 is 10.9 Å². The lowest BCUT2D eigenvalue weighted by Crippen LogP contribution is -2.42. The van der Waals surface area contributed by atoms with Gasteiger partial charge in [0.05, 0.1) is 24.0 Å². The predicted octanol–water partition coefficient (Wildman–Crippen LogP) is 1.56. The number of aromatic amines is 1. The summed E-state index contributed by atoms with van der Waals surface area (Å²) in [7, 11) is 0. The Labute approximate surface area is 149 Å². The van der Waals surface area contributed by atoms with E-state index in [9.17, 15) is 14.7 Å². The molecule has 1 aliphatic rings. The molecule has 1 aliphatic carbocycles. The molecule has 0 spiro atoms. The molecule has 1 aromatic carbocycles. The number of nitrogens with one attached hydrogen (secondary N) is 2. The first kappa shape index (κ1) is 16.4. The molecular weight excluding hydrogens is 332 g/mol. The van der Waals surface area contributed by atoms with Gasteiger partial charge in [-0.3, -0.25) is 14.6 Å². The molecule has 1 fully saturated rings. The molecule has 2 aromatic heterocycles. The van der Waals surface area contributed by atoms with Crippen molar-refractivity contribution in [3.8, 4) is 0 Å². The summed E-state index contributed by atoms with van der Waals surface area (Å²) in [6.45, 7) is 0. The molecule has 132 valence electrons. The summed E-state index contributed by atoms with van der Waals surface area (Å²) >= 11 is 0. The first-order valence-corrected chi connectivity index (χ1v) is 8.48. The average Bonchev–Trinajstić information content (AvgIpc) is 2.63. The molecule has 7 nitrogen and oxygen atoms in total. The molecule has 1 amide bonds. The molecule has 0 saturated heterocycles. The number of aliphatic hydroxyl groups is 1. The Balaban J connectivity index is 1.67. The zero-order valence-corrected chi connectivity index (χ0v) is 13.9. The number of hydrogen-bond acceptors (Lipinski definition) is 5. The molecule has 0 radical (unpaired) electrons. The predicted molar refractivity (Wildman–Crippen MR) is 95.5 cm³/mol. The number of nitrogens with zero attached hydrogens (tertiary/aromatic N) is 2. The number of carbonyl (C=O) groups excluding carboxylic acids is 1. The minimum absolute atomic E-state index is 0.0360. The molecular formula is C19H18N4O3. The molecule has 1 saturated carbocycles. The van der Waals surface area contributed by atoms with E-state index >= 15 is 0 Å². The highest BCUT2D eigenvalue weighted by molar-refractivity contribution is 5.93. The number of hydrogen-bond donors (Lipinski definition) is 3. The van der Waals surface area contributed by atoms with Crippen LogP contribution in [0.3, 0.4) is 0 Å². The SMILES string of the molecule is O=C(N[C@H](c1cnc2ccccc2c1)C1CC(O)C1)c1cnc[nH]c1=O. The van der Waals surface area contributed by atoms with Crippen LogP contribution in [0.1, 0.15) is 34.8 Å². The molecule has 0 unspecified atom stereocenters. The third-order valence-corrected chi connectivity index (χ3v) is 4.84. The summed E-state index contributed by atoms with van der Waals surface area (Å²) in [5, 5.41) is 13.6. The van der Waals surface area contributed by atoms with Gasteiger partial charge in [0.2, 0.25) is 0 Å². The van der Waals surface area contributed by atoms with Crippen LogP contribution in [0.25, 0.3) is 10.9 Å². The van der Waals surface area contributed by atoms with E-state index in [1.807, 2.05) is 30.3 Å². The number of carbonyl (C=O) groups is 1. The molecule has 2 heterocycles. The number of benzene rings is 1. The Morgan fingerprint density at radius 1 is 1.27 bits per heavy atom. The number of H-pyrrole nitrogens is 1. The maximum absolute atomic E-state index is 12.6. The molecule has 1 atom stereocenters. The zero-order chi connectivity index (χ0) is 18.1. The first-order valence-electron chi connectivity index (χ1n) is 8.48. The van der Waals surface area contributed by atoms with Crippen LogP contribution in [0.5, 0.6) is 0 Å². The average molecular weight is 350 g/mol. The fraction of sp³-hybridized carbons (Fsp3) is 0.263. The van der Waals surface area contributed by atoms with Crippen LogP contribution in [0.15, 0.2) is 53.8 Å². The van der Waals surface area contributed by atoms with Crippen LogP contribution in [0.4, 0.5) is 0 Å². The summed E-state index contributed by atoms with van der Waals surface area (Å²) in [4.78, 5) is 35.1. The number of aromatic nitrogens is 3. The number of fused-ring (bicyclic) bond motifs is 1. The Kier molecular flexibility index (Phi) is 4.22. The van der Waals surface area contributed by atoms with Crippen molar-refractivity contribution in [2.24, 2.45) is 5.92 Å². The third kappa shape index (κ3) is 3.09. The smallest absolute Gasteiger partial charge is 0.263 e. The normalized spacial score (nSPS) is 20.3. The maximum Gasteiger partial charge on any atom is 0.263 e. The van der Waals surface area contributed by atoms with Crippen LogP contribution in [0, 0.1) is 5.92 Å². The number of amides is 1. The topological polar surface area (TPSA) is 108 Å². The van der Waals surface area contributed by atoms with Crippen molar-refractivity contribution >= 4 is 16.8 Å². The van der Waals surface area contributed by atoms with Crippen molar-refractivity contribution < 1.29 is 9.90 Å². The van der Waals surface area contributed by atoms with E-state index in [-0.39, 0.29) is 23.6 Å². The van der Waals surface area contributed by atoms with E-state index in [0.29, 0.717) is 12.8 Å². The van der Waals surface area contributed by atoms with Gasteiger partial charge in [-0.05, 0) is 36.5 Å². The Morgan fingerprint density at radius 2 is 2.08 bits per heavy atom. The van der Waals surface area contributed by atoms with Gasteiger partial charge in [-0.25, -0.2) is 4.98 Å². The van der Waals surface area contributed by atoms with Gasteiger partial charge in [-0.2, -0.15) is 0 Å². The van der Waals surface area contributed by atoms with Crippen LogP contribution in [-0.4, -0.2) is 32.1 Å². The second-order valence-corrected chi connectivity index (χ2v) is 6.59. The largest absolute Gasteiger partial charge is 0.393 e. The molecule has 7 heteroatoms. The van der Waals surface area contributed by atoms with Gasteiger partial charge < -0.3 is 15.4 Å². The van der Waals surface area contributed by atoms with Crippen LogP contribution in [-0.2, 0) is 0 Å². The van der Waals surface area contributed by atoms with E-state index in [0.717, 1.165) is 16.5 Å². The lowest BCUT2D eigenvalue weighted by molar-refractivity contribution is 0.0235. The van der Waals surface area contributed by atoms with Crippen molar-refractivity contribution in [2.45, 2.75) is 25.0 Å². The number of pyridine rings is 1. The quantitative estimate of drug-likeness (QED) is 0.662. The van der Waals surface area contributed by atoms with E-state index in [2.05, 4.69) is 20.3 Å². The van der Waals surface area contributed by atoms with Crippen molar-refractivity contribution in [3.05, 3.63) is 70.5 Å². The lowest BCUT2D eigenvalue weighted by atomic mass is 9.75. The van der Waals surface area contributed by atoms with Gasteiger partial charge in [0.15, 0.2) is 0 Å². The maximum atomic E-state index is 12.6. The van der Waals surface area contributed by atoms with Crippen LogP contribution in [0.2, 0.25) is 0 Å². The van der Waals surface area contributed by atoms with Crippen molar-refractivity contribution in [2.75, 3.05) is 0 Å². The first-order chi connectivity index (χ1) is 12.6. The fourth-order valence-electron chi connectivity index (χ4n) is 3.36. The summed E-state index contributed by atoms with van der Waals surface area (Å²) in [6.07, 6.45) is 5.08. The summed E-state index contributed by atoms with van der Waals surface area (Å²) < 4.78 is 0. The molecule has 3 N–H and O–H groups in total.